The Kier molecular flexibility index (Phi) is 4.73. The number of aliphatic carboxylic acids is 1. The summed E-state index contributed by atoms with van der Waals surface area (Å²) in [5.41, 5.74) is 0.418. The summed E-state index contributed by atoms with van der Waals surface area (Å²) in [6.45, 7) is 0.743. The van der Waals surface area contributed by atoms with Gasteiger partial charge in [0.2, 0.25) is 0 Å². The summed E-state index contributed by atoms with van der Waals surface area (Å²) < 4.78 is 0. The molecule has 1 saturated heterocycles. The summed E-state index contributed by atoms with van der Waals surface area (Å²) in [6, 6.07) is 4.41. The lowest BCUT2D eigenvalue weighted by molar-refractivity contribution is -0.143. The number of hydrogen-bond donors (Lipinski definition) is 2. The summed E-state index contributed by atoms with van der Waals surface area (Å²) in [7, 11) is 0. The fourth-order valence-electron chi connectivity index (χ4n) is 2.15. The van der Waals surface area contributed by atoms with E-state index in [1.807, 2.05) is 0 Å². The smallest absolute Gasteiger partial charge is 0.321 e. The van der Waals surface area contributed by atoms with E-state index in [1.54, 1.807) is 18.2 Å². The Labute approximate surface area is 126 Å². The lowest BCUT2D eigenvalue weighted by Crippen LogP contribution is -2.44. The van der Waals surface area contributed by atoms with Gasteiger partial charge in [-0.1, -0.05) is 23.2 Å². The van der Waals surface area contributed by atoms with Crippen LogP contribution >= 0.6 is 23.2 Å². The number of nitrogens with zero attached hydrogens (tertiary/aromatic N) is 1. The molecule has 0 aromatic heterocycles. The number of urea groups is 1. The van der Waals surface area contributed by atoms with Crippen molar-refractivity contribution in [1.82, 2.24) is 4.90 Å². The van der Waals surface area contributed by atoms with Crippen LogP contribution in [0, 0.1) is 5.92 Å². The number of anilines is 1. The van der Waals surface area contributed by atoms with Gasteiger partial charge in [0.15, 0.2) is 0 Å². The maximum Gasteiger partial charge on any atom is 0.321 e. The van der Waals surface area contributed by atoms with Crippen molar-refractivity contribution >= 4 is 40.9 Å². The zero-order valence-electron chi connectivity index (χ0n) is 10.6. The van der Waals surface area contributed by atoms with E-state index in [-0.39, 0.29) is 12.6 Å². The lowest BCUT2D eigenvalue weighted by Gasteiger charge is -2.30. The molecular weight excluding hydrogens is 303 g/mol. The molecule has 2 amide bonds. The normalized spacial score (nSPS) is 18.7. The van der Waals surface area contributed by atoms with Gasteiger partial charge in [0, 0.05) is 18.1 Å². The first kappa shape index (κ1) is 14.9. The molecule has 0 saturated carbocycles. The van der Waals surface area contributed by atoms with E-state index in [0.29, 0.717) is 35.1 Å². The van der Waals surface area contributed by atoms with Gasteiger partial charge in [0.05, 0.1) is 16.6 Å². The highest BCUT2D eigenvalue weighted by Gasteiger charge is 2.28. The molecule has 1 fully saturated rings. The summed E-state index contributed by atoms with van der Waals surface area (Å²) in [6.07, 6.45) is 1.27. The summed E-state index contributed by atoms with van der Waals surface area (Å²) in [5, 5.41) is 12.5. The molecule has 0 aliphatic carbocycles. The standard InChI is InChI=1S/C13H14Cl2N2O3/c14-9-3-4-10(15)11(6-9)16-13(20)17-5-1-2-8(7-17)12(18)19/h3-4,6,8H,1-2,5,7H2,(H,16,20)(H,18,19)/t8-/m1/s1. The molecule has 5 nitrogen and oxygen atoms in total. The van der Waals surface area contributed by atoms with Crippen molar-refractivity contribution in [3.63, 3.8) is 0 Å². The number of carbonyl (C=O) groups excluding carboxylic acids is 1. The fourth-order valence-corrected chi connectivity index (χ4v) is 2.49. The summed E-state index contributed by atoms with van der Waals surface area (Å²) in [4.78, 5) is 24.6. The van der Waals surface area contributed by atoms with Crippen LogP contribution in [0.25, 0.3) is 0 Å². The Morgan fingerprint density at radius 3 is 2.80 bits per heavy atom. The first-order valence-corrected chi connectivity index (χ1v) is 6.97. The van der Waals surface area contributed by atoms with Crippen molar-refractivity contribution in [3.8, 4) is 0 Å². The molecule has 0 radical (unpaired) electrons. The van der Waals surface area contributed by atoms with Crippen LogP contribution in [0.5, 0.6) is 0 Å². The van der Waals surface area contributed by atoms with Gasteiger partial charge < -0.3 is 15.3 Å². The number of nitrogens with one attached hydrogen (secondary N) is 1. The highest BCUT2D eigenvalue weighted by molar-refractivity contribution is 6.35. The predicted molar refractivity (Wildman–Crippen MR) is 77.4 cm³/mol. The van der Waals surface area contributed by atoms with E-state index in [4.69, 9.17) is 28.3 Å². The third-order valence-corrected chi connectivity index (χ3v) is 3.79. The number of likely N-dealkylation sites (tertiary alicyclic amines) is 1. The number of carboxylic acid groups (broad SMARTS) is 1. The molecule has 1 aromatic rings. The number of amides is 2. The number of rotatable bonds is 2. The van der Waals surface area contributed by atoms with Crippen LogP contribution in [0.15, 0.2) is 18.2 Å². The van der Waals surface area contributed by atoms with Crippen molar-refractivity contribution in [2.45, 2.75) is 12.8 Å². The third-order valence-electron chi connectivity index (χ3n) is 3.23. The molecule has 0 bridgehead atoms. The number of hydrogen-bond acceptors (Lipinski definition) is 2. The second-order valence-electron chi connectivity index (χ2n) is 4.68. The minimum absolute atomic E-state index is 0.208. The Balaban J connectivity index is 2.04. The maximum atomic E-state index is 12.1. The van der Waals surface area contributed by atoms with Crippen molar-refractivity contribution in [2.75, 3.05) is 18.4 Å². The first-order valence-electron chi connectivity index (χ1n) is 6.21. The second-order valence-corrected chi connectivity index (χ2v) is 5.52. The molecule has 7 heteroatoms. The van der Waals surface area contributed by atoms with Crippen molar-refractivity contribution < 1.29 is 14.7 Å². The van der Waals surface area contributed by atoms with E-state index in [2.05, 4.69) is 5.32 Å². The van der Waals surface area contributed by atoms with Gasteiger partial charge in [-0.25, -0.2) is 4.79 Å². The molecular formula is C13H14Cl2N2O3. The van der Waals surface area contributed by atoms with E-state index in [0.717, 1.165) is 0 Å². The monoisotopic (exact) mass is 316 g/mol. The van der Waals surface area contributed by atoms with Crippen molar-refractivity contribution in [1.29, 1.82) is 0 Å². The highest BCUT2D eigenvalue weighted by Crippen LogP contribution is 2.26. The van der Waals surface area contributed by atoms with Crippen molar-refractivity contribution in [2.24, 2.45) is 5.92 Å². The van der Waals surface area contributed by atoms with E-state index in [9.17, 15) is 9.59 Å². The Morgan fingerprint density at radius 1 is 1.35 bits per heavy atom. The van der Waals surface area contributed by atoms with E-state index < -0.39 is 11.9 Å². The van der Waals surface area contributed by atoms with Gasteiger partial charge in [-0.2, -0.15) is 0 Å². The SMILES string of the molecule is O=C(O)[C@@H]1CCCN(C(=O)Nc2cc(Cl)ccc2Cl)C1. The average molecular weight is 317 g/mol. The van der Waals surface area contributed by atoms with Crippen LogP contribution < -0.4 is 5.32 Å². The molecule has 1 heterocycles. The molecule has 1 aliphatic rings. The lowest BCUT2D eigenvalue weighted by atomic mass is 9.99. The van der Waals surface area contributed by atoms with Crippen LogP contribution in [-0.2, 0) is 4.79 Å². The number of halogens is 2. The highest BCUT2D eigenvalue weighted by atomic mass is 35.5. The van der Waals surface area contributed by atoms with Gasteiger partial charge in [0.25, 0.3) is 0 Å². The van der Waals surface area contributed by atoms with Crippen LogP contribution in [0.4, 0.5) is 10.5 Å². The quantitative estimate of drug-likeness (QED) is 0.879. The number of carboxylic acids is 1. The molecule has 1 atom stereocenters. The van der Waals surface area contributed by atoms with Crippen LogP contribution in [-0.4, -0.2) is 35.1 Å². The molecule has 108 valence electrons. The Hall–Kier alpha value is -1.46. The third kappa shape index (κ3) is 3.55. The topological polar surface area (TPSA) is 69.6 Å². The molecule has 20 heavy (non-hydrogen) atoms. The first-order chi connectivity index (χ1) is 9.47. The molecule has 1 aliphatic heterocycles. The summed E-state index contributed by atoms with van der Waals surface area (Å²) >= 11 is 11.8. The second kappa shape index (κ2) is 6.33. The van der Waals surface area contributed by atoms with E-state index >= 15 is 0 Å². The molecule has 2 N–H and O–H groups in total. The van der Waals surface area contributed by atoms with Gasteiger partial charge in [0.1, 0.15) is 0 Å². The van der Waals surface area contributed by atoms with Gasteiger partial charge in [-0.05, 0) is 31.0 Å². The maximum absolute atomic E-state index is 12.1. The molecule has 2 rings (SSSR count). The van der Waals surface area contributed by atoms with Gasteiger partial charge >= 0.3 is 12.0 Å². The van der Waals surface area contributed by atoms with Crippen molar-refractivity contribution in [3.05, 3.63) is 28.2 Å². The van der Waals surface area contributed by atoms with E-state index in [1.165, 1.54) is 4.90 Å². The zero-order chi connectivity index (χ0) is 14.7. The molecule has 0 spiro atoms. The molecule has 1 aromatic carbocycles. The Morgan fingerprint density at radius 2 is 2.10 bits per heavy atom. The average Bonchev–Trinajstić information content (AvgIpc) is 2.43. The summed E-state index contributed by atoms with van der Waals surface area (Å²) in [5.74, 6) is -1.38. The van der Waals surface area contributed by atoms with Gasteiger partial charge in [-0.15, -0.1) is 0 Å². The number of benzene rings is 1. The van der Waals surface area contributed by atoms with Crippen LogP contribution in [0.1, 0.15) is 12.8 Å². The number of piperidine rings is 1. The van der Waals surface area contributed by atoms with Crippen LogP contribution in [0.2, 0.25) is 10.0 Å². The van der Waals surface area contributed by atoms with Crippen LogP contribution in [0.3, 0.4) is 0 Å². The number of carbonyl (C=O) groups is 2. The predicted octanol–water partition coefficient (Wildman–Crippen LogP) is 3.32. The largest absolute Gasteiger partial charge is 0.481 e. The minimum Gasteiger partial charge on any atom is -0.481 e. The van der Waals surface area contributed by atoms with Gasteiger partial charge in [-0.3, -0.25) is 4.79 Å². The Bertz CT molecular complexity index is 536. The molecule has 0 unspecified atom stereocenters. The zero-order valence-corrected chi connectivity index (χ0v) is 12.1. The fraction of sp³-hybridized carbons (Fsp3) is 0.385. The minimum atomic E-state index is -0.872.